The van der Waals surface area contributed by atoms with Gasteiger partial charge < -0.3 is 5.32 Å². The van der Waals surface area contributed by atoms with Crippen LogP contribution in [0.4, 0.5) is 29.7 Å². The molecule has 0 aliphatic carbocycles. The summed E-state index contributed by atoms with van der Waals surface area (Å²) < 4.78 is 38.4. The van der Waals surface area contributed by atoms with E-state index in [0.29, 0.717) is 16.4 Å². The van der Waals surface area contributed by atoms with E-state index >= 15 is 0 Å². The van der Waals surface area contributed by atoms with Gasteiger partial charge in [-0.25, -0.2) is 10.4 Å². The van der Waals surface area contributed by atoms with E-state index in [0.717, 1.165) is 23.5 Å². The molecule has 0 fully saturated rings. The lowest BCUT2D eigenvalue weighted by atomic mass is 10.2. The summed E-state index contributed by atoms with van der Waals surface area (Å²) >= 11 is 1.15. The van der Waals surface area contributed by atoms with Crippen LogP contribution in [-0.4, -0.2) is 22.0 Å². The number of aromatic nitrogens is 1. The zero-order valence-corrected chi connectivity index (χ0v) is 16.4. The number of alkyl halides is 3. The minimum atomic E-state index is -4.45. The first-order chi connectivity index (χ1) is 14.7. The molecule has 1 aromatic heterocycles. The summed E-state index contributed by atoms with van der Waals surface area (Å²) in [6.07, 6.45) is -3.19. The van der Waals surface area contributed by atoms with Crippen molar-refractivity contribution >= 4 is 40.0 Å². The topological polar surface area (TPSA) is 110 Å². The van der Waals surface area contributed by atoms with Crippen molar-refractivity contribution < 1.29 is 22.9 Å². The summed E-state index contributed by atoms with van der Waals surface area (Å²) in [5.41, 5.74) is 2.69. The minimum Gasteiger partial charge on any atom is -0.332 e. The standard InChI is InChI=1S/C19H14F3N5O3S/c20-19(21,22)13-2-1-3-14(8-13)24-18-25-15(11-31-18)9-17(28)26-23-10-12-4-6-16(7-5-12)27(29)30/h1-8,10-11H,9H2,(H,24,25)(H,26,28)/b23-10+. The Kier molecular flexibility index (Phi) is 6.60. The normalized spacial score (nSPS) is 11.5. The first-order valence-electron chi connectivity index (χ1n) is 8.66. The van der Waals surface area contributed by atoms with E-state index in [9.17, 15) is 28.1 Å². The van der Waals surface area contributed by atoms with Crippen LogP contribution in [-0.2, 0) is 17.4 Å². The van der Waals surface area contributed by atoms with E-state index in [-0.39, 0.29) is 17.8 Å². The Morgan fingerprint density at radius 1 is 1.23 bits per heavy atom. The van der Waals surface area contributed by atoms with E-state index in [1.165, 1.54) is 42.6 Å². The predicted molar refractivity (Wildman–Crippen MR) is 109 cm³/mol. The summed E-state index contributed by atoms with van der Waals surface area (Å²) in [5.74, 6) is -0.450. The van der Waals surface area contributed by atoms with Crippen LogP contribution in [0.15, 0.2) is 59.0 Å². The average molecular weight is 449 g/mol. The lowest BCUT2D eigenvalue weighted by Gasteiger charge is -2.08. The number of hydrazone groups is 1. The maximum Gasteiger partial charge on any atom is 0.416 e. The molecule has 1 heterocycles. The molecule has 3 aromatic rings. The van der Waals surface area contributed by atoms with Gasteiger partial charge in [-0.2, -0.15) is 18.3 Å². The number of thiazole rings is 1. The summed E-state index contributed by atoms with van der Waals surface area (Å²) in [4.78, 5) is 26.2. The Morgan fingerprint density at radius 2 is 1.97 bits per heavy atom. The Bertz CT molecular complexity index is 1110. The SMILES string of the molecule is O=C(Cc1csc(Nc2cccc(C(F)(F)F)c2)n1)N/N=C/c1ccc([N+](=O)[O-])cc1. The number of anilines is 2. The number of hydrogen-bond acceptors (Lipinski definition) is 7. The largest absolute Gasteiger partial charge is 0.416 e. The third-order valence-corrected chi connectivity index (χ3v) is 4.65. The van der Waals surface area contributed by atoms with Gasteiger partial charge in [-0.3, -0.25) is 14.9 Å². The Labute approximate surface area is 177 Å². The van der Waals surface area contributed by atoms with Gasteiger partial charge >= 0.3 is 6.18 Å². The molecule has 8 nitrogen and oxygen atoms in total. The molecule has 0 aliphatic rings. The smallest absolute Gasteiger partial charge is 0.332 e. The number of nitrogens with one attached hydrogen (secondary N) is 2. The minimum absolute atomic E-state index is 0.0562. The third-order valence-electron chi connectivity index (χ3n) is 3.84. The number of nitro groups is 1. The van der Waals surface area contributed by atoms with Gasteiger partial charge in [0.25, 0.3) is 5.69 Å². The summed E-state index contributed by atoms with van der Waals surface area (Å²) in [5, 5.41) is 19.1. The summed E-state index contributed by atoms with van der Waals surface area (Å²) in [6.45, 7) is 0. The van der Waals surface area contributed by atoms with Crippen LogP contribution >= 0.6 is 11.3 Å². The molecule has 160 valence electrons. The lowest BCUT2D eigenvalue weighted by molar-refractivity contribution is -0.384. The van der Waals surface area contributed by atoms with Gasteiger partial charge in [0.1, 0.15) is 0 Å². The monoisotopic (exact) mass is 449 g/mol. The number of nitro benzene ring substituents is 1. The number of rotatable bonds is 7. The highest BCUT2D eigenvalue weighted by Gasteiger charge is 2.30. The van der Waals surface area contributed by atoms with Crippen LogP contribution in [0.25, 0.3) is 0 Å². The van der Waals surface area contributed by atoms with Crippen LogP contribution in [0.1, 0.15) is 16.8 Å². The number of nitrogens with zero attached hydrogens (tertiary/aromatic N) is 3. The highest BCUT2D eigenvalue weighted by atomic mass is 32.1. The van der Waals surface area contributed by atoms with E-state index in [1.54, 1.807) is 5.38 Å². The number of carbonyl (C=O) groups excluding carboxylic acids is 1. The van der Waals surface area contributed by atoms with Crippen molar-refractivity contribution in [2.75, 3.05) is 5.32 Å². The van der Waals surface area contributed by atoms with Crippen LogP contribution in [0.5, 0.6) is 0 Å². The maximum absolute atomic E-state index is 12.8. The molecule has 1 amide bonds. The van der Waals surface area contributed by atoms with Crippen LogP contribution in [0.2, 0.25) is 0 Å². The predicted octanol–water partition coefficient (Wildman–Crippen LogP) is 4.51. The fourth-order valence-electron chi connectivity index (χ4n) is 2.41. The van der Waals surface area contributed by atoms with Gasteiger partial charge in [0.15, 0.2) is 5.13 Å². The van der Waals surface area contributed by atoms with Crippen molar-refractivity contribution in [2.24, 2.45) is 5.10 Å². The summed E-state index contributed by atoms with van der Waals surface area (Å²) in [7, 11) is 0. The molecule has 0 atom stereocenters. The second-order valence-electron chi connectivity index (χ2n) is 6.17. The average Bonchev–Trinajstić information content (AvgIpc) is 3.14. The molecular weight excluding hydrogens is 435 g/mol. The van der Waals surface area contributed by atoms with Crippen molar-refractivity contribution in [2.45, 2.75) is 12.6 Å². The second kappa shape index (κ2) is 9.34. The van der Waals surface area contributed by atoms with Crippen LogP contribution in [0, 0.1) is 10.1 Å². The molecule has 2 aromatic carbocycles. The molecule has 0 saturated heterocycles. The number of benzene rings is 2. The molecule has 2 N–H and O–H groups in total. The highest BCUT2D eigenvalue weighted by Crippen LogP contribution is 2.31. The molecule has 0 saturated carbocycles. The van der Waals surface area contributed by atoms with E-state index < -0.39 is 22.6 Å². The van der Waals surface area contributed by atoms with E-state index in [4.69, 9.17) is 0 Å². The van der Waals surface area contributed by atoms with E-state index in [1.807, 2.05) is 0 Å². The number of carbonyl (C=O) groups is 1. The third kappa shape index (κ3) is 6.34. The van der Waals surface area contributed by atoms with Gasteiger partial charge in [-0.15, -0.1) is 11.3 Å². The van der Waals surface area contributed by atoms with Crippen molar-refractivity contribution in [1.29, 1.82) is 0 Å². The molecule has 0 unspecified atom stereocenters. The fourth-order valence-corrected chi connectivity index (χ4v) is 3.14. The molecular formula is C19H14F3N5O3S. The molecule has 0 bridgehead atoms. The van der Waals surface area contributed by atoms with Crippen LogP contribution in [0.3, 0.4) is 0 Å². The first kappa shape index (κ1) is 21.9. The first-order valence-corrected chi connectivity index (χ1v) is 9.54. The quantitative estimate of drug-likeness (QED) is 0.313. The molecule has 12 heteroatoms. The highest BCUT2D eigenvalue weighted by molar-refractivity contribution is 7.13. The lowest BCUT2D eigenvalue weighted by Crippen LogP contribution is -2.19. The Morgan fingerprint density at radius 3 is 2.65 bits per heavy atom. The van der Waals surface area contributed by atoms with Crippen molar-refractivity contribution in [3.8, 4) is 0 Å². The number of hydrogen-bond donors (Lipinski definition) is 2. The van der Waals surface area contributed by atoms with Gasteiger partial charge in [0.2, 0.25) is 5.91 Å². The Balaban J connectivity index is 1.53. The van der Waals surface area contributed by atoms with Gasteiger partial charge in [-0.1, -0.05) is 6.07 Å². The van der Waals surface area contributed by atoms with Crippen molar-refractivity contribution in [1.82, 2.24) is 10.4 Å². The fraction of sp³-hybridized carbons (Fsp3) is 0.105. The van der Waals surface area contributed by atoms with Gasteiger partial charge in [-0.05, 0) is 35.9 Å². The van der Waals surface area contributed by atoms with Crippen LogP contribution < -0.4 is 10.7 Å². The molecule has 0 spiro atoms. The van der Waals surface area contributed by atoms with E-state index in [2.05, 4.69) is 20.8 Å². The molecule has 3 rings (SSSR count). The zero-order valence-electron chi connectivity index (χ0n) is 15.6. The van der Waals surface area contributed by atoms with Gasteiger partial charge in [0, 0.05) is 23.2 Å². The molecule has 0 aliphatic heterocycles. The molecule has 31 heavy (non-hydrogen) atoms. The van der Waals surface area contributed by atoms with Crippen molar-refractivity contribution in [3.63, 3.8) is 0 Å². The van der Waals surface area contributed by atoms with Gasteiger partial charge in [0.05, 0.1) is 28.8 Å². The number of amides is 1. The van der Waals surface area contributed by atoms with Crippen molar-refractivity contribution in [3.05, 3.63) is 80.8 Å². The Hall–Kier alpha value is -3.80. The summed E-state index contributed by atoms with van der Waals surface area (Å²) in [6, 6.07) is 10.3. The molecule has 0 radical (unpaired) electrons. The second-order valence-corrected chi connectivity index (χ2v) is 7.02. The number of non-ortho nitro benzene ring substituents is 1. The number of halogens is 3. The maximum atomic E-state index is 12.8. The zero-order chi connectivity index (χ0) is 22.4.